The van der Waals surface area contributed by atoms with Gasteiger partial charge in [-0.05, 0) is 62.2 Å². The van der Waals surface area contributed by atoms with Gasteiger partial charge in [-0.3, -0.25) is 0 Å². The first-order chi connectivity index (χ1) is 20.8. The third-order valence-corrected chi connectivity index (χ3v) is 9.80. The zero-order valence-electron chi connectivity index (χ0n) is 23.0. The number of hydrogen-bond acceptors (Lipinski definition) is 10. The predicted octanol–water partition coefficient (Wildman–Crippen LogP) is 6.04. The molecule has 14 heteroatoms. The third-order valence-electron chi connectivity index (χ3n) is 7.04. The molecule has 0 aliphatic carbocycles. The van der Waals surface area contributed by atoms with Gasteiger partial charge >= 0.3 is 0 Å². The third kappa shape index (κ3) is 6.25. The molecule has 5 aromatic rings. The minimum Gasteiger partial charge on any atom is -0.437 e. The highest BCUT2D eigenvalue weighted by molar-refractivity contribution is 7.93. The molecule has 222 valence electrons. The molecule has 1 aliphatic rings. The Balaban J connectivity index is 1.36. The van der Waals surface area contributed by atoms with E-state index in [2.05, 4.69) is 25.6 Å². The highest BCUT2D eigenvalue weighted by atomic mass is 35.5. The van der Waals surface area contributed by atoms with Crippen LogP contribution in [0.15, 0.2) is 65.7 Å². The summed E-state index contributed by atoms with van der Waals surface area (Å²) in [7, 11) is -4.16. The molecule has 10 nitrogen and oxygen atoms in total. The van der Waals surface area contributed by atoms with E-state index >= 15 is 4.39 Å². The van der Waals surface area contributed by atoms with Crippen molar-refractivity contribution in [1.29, 1.82) is 0 Å². The Bertz CT molecular complexity index is 1870. The number of thiazole rings is 1. The number of anilines is 2. The van der Waals surface area contributed by atoms with E-state index in [-0.39, 0.29) is 23.0 Å². The molecule has 4 heterocycles. The monoisotopic (exact) mass is 639 g/mol. The standard InChI is InChI=1S/C29H27ClFN7O3S2/c1-18-6-7-21-22(8-9-24(31)26(21)38(30)43(39,40)16-20-15-42-17-35-20)27(18)41-28-23(5-3-12-33-28)25-10-13-34-29(37-25)36-19-4-2-11-32-14-19/h3,5-10,12-13,15,17,19,32H,2,4,11,14,16H2,1H3,(H,34,36,37)/t19-/m0/s1. The van der Waals surface area contributed by atoms with Crippen molar-refractivity contribution in [2.45, 2.75) is 31.6 Å². The number of ether oxygens (including phenoxy) is 1. The molecular weight excluding hydrogens is 613 g/mol. The van der Waals surface area contributed by atoms with Crippen molar-refractivity contribution >= 4 is 55.5 Å². The second-order valence-electron chi connectivity index (χ2n) is 10.1. The Kier molecular flexibility index (Phi) is 8.39. The lowest BCUT2D eigenvalue weighted by atomic mass is 10.0. The van der Waals surface area contributed by atoms with Gasteiger partial charge in [-0.25, -0.2) is 32.7 Å². The number of fused-ring (bicyclic) bond motifs is 1. The first kappa shape index (κ1) is 29.2. The summed E-state index contributed by atoms with van der Waals surface area (Å²) >= 11 is 7.60. The van der Waals surface area contributed by atoms with Gasteiger partial charge in [-0.15, -0.1) is 11.3 Å². The summed E-state index contributed by atoms with van der Waals surface area (Å²) in [4.78, 5) is 17.6. The van der Waals surface area contributed by atoms with Crippen LogP contribution in [0.4, 0.5) is 16.0 Å². The number of aryl methyl sites for hydroxylation is 1. The zero-order valence-corrected chi connectivity index (χ0v) is 25.4. The smallest absolute Gasteiger partial charge is 0.254 e. The lowest BCUT2D eigenvalue weighted by Gasteiger charge is -2.23. The first-order valence-electron chi connectivity index (χ1n) is 13.5. The van der Waals surface area contributed by atoms with Crippen LogP contribution >= 0.6 is 23.1 Å². The number of hydrogen-bond donors (Lipinski definition) is 2. The summed E-state index contributed by atoms with van der Waals surface area (Å²) in [5, 5.41) is 9.07. The number of pyridine rings is 1. The van der Waals surface area contributed by atoms with E-state index in [1.807, 2.05) is 13.0 Å². The molecule has 0 bridgehead atoms. The second-order valence-corrected chi connectivity index (χ2v) is 13.1. The summed E-state index contributed by atoms with van der Waals surface area (Å²) in [6.45, 7) is 3.68. The summed E-state index contributed by atoms with van der Waals surface area (Å²) in [5.41, 5.74) is 3.49. The Labute approximate surface area is 257 Å². The number of sulfonamides is 1. The van der Waals surface area contributed by atoms with E-state index in [1.165, 1.54) is 29.0 Å². The average Bonchev–Trinajstić information content (AvgIpc) is 3.51. The number of piperidine rings is 1. The molecular formula is C29H27ClFN7O3S2. The lowest BCUT2D eigenvalue weighted by Crippen LogP contribution is -2.38. The van der Waals surface area contributed by atoms with Gasteiger partial charge in [0.15, 0.2) is 0 Å². The summed E-state index contributed by atoms with van der Waals surface area (Å²) < 4.78 is 48.3. The fraction of sp³-hybridized carbons (Fsp3) is 0.241. The van der Waals surface area contributed by atoms with Crippen LogP contribution in [0.1, 0.15) is 24.1 Å². The molecule has 1 saturated heterocycles. The van der Waals surface area contributed by atoms with Gasteiger partial charge in [0.2, 0.25) is 11.8 Å². The van der Waals surface area contributed by atoms with Gasteiger partial charge in [0.1, 0.15) is 23.0 Å². The van der Waals surface area contributed by atoms with Gasteiger partial charge in [-0.2, -0.15) is 3.82 Å². The maximum atomic E-state index is 15.2. The Hall–Kier alpha value is -3.91. The number of halogens is 2. The van der Waals surface area contributed by atoms with Crippen LogP contribution < -0.4 is 19.2 Å². The summed E-state index contributed by atoms with van der Waals surface area (Å²) in [6.07, 6.45) is 5.38. The molecule has 3 aromatic heterocycles. The molecule has 0 spiro atoms. The molecule has 6 rings (SSSR count). The number of nitrogens with one attached hydrogen (secondary N) is 2. The van der Waals surface area contributed by atoms with Crippen LogP contribution in [0.3, 0.4) is 0 Å². The largest absolute Gasteiger partial charge is 0.437 e. The number of benzene rings is 2. The summed E-state index contributed by atoms with van der Waals surface area (Å²) in [5.74, 6) is -0.126. The second kappa shape index (κ2) is 12.4. The van der Waals surface area contributed by atoms with E-state index in [4.69, 9.17) is 21.5 Å². The van der Waals surface area contributed by atoms with Gasteiger partial charge < -0.3 is 15.4 Å². The summed E-state index contributed by atoms with van der Waals surface area (Å²) in [6, 6.07) is 11.7. The maximum absolute atomic E-state index is 15.2. The van der Waals surface area contributed by atoms with E-state index in [0.29, 0.717) is 37.9 Å². The molecule has 2 N–H and O–H groups in total. The Morgan fingerprint density at radius 1 is 1.14 bits per heavy atom. The molecule has 2 aromatic carbocycles. The van der Waals surface area contributed by atoms with Crippen LogP contribution in [0.25, 0.3) is 22.0 Å². The Morgan fingerprint density at radius 3 is 2.79 bits per heavy atom. The van der Waals surface area contributed by atoms with Crippen LogP contribution in [-0.2, 0) is 15.8 Å². The van der Waals surface area contributed by atoms with Crippen molar-refractivity contribution in [1.82, 2.24) is 25.3 Å². The van der Waals surface area contributed by atoms with E-state index in [1.54, 1.807) is 42.0 Å². The SMILES string of the molecule is Cc1ccc2c(N(Cl)S(=O)(=O)Cc3cscn3)c(F)ccc2c1Oc1ncccc1-c1ccnc(N[C@H]2CCCNC2)n1. The predicted molar refractivity (Wildman–Crippen MR) is 167 cm³/mol. The zero-order chi connectivity index (χ0) is 30.0. The molecule has 1 atom stereocenters. The van der Waals surface area contributed by atoms with Gasteiger partial charge in [0, 0.05) is 52.9 Å². The molecule has 0 unspecified atom stereocenters. The fourth-order valence-electron chi connectivity index (χ4n) is 4.95. The van der Waals surface area contributed by atoms with E-state index in [9.17, 15) is 8.42 Å². The van der Waals surface area contributed by atoms with E-state index in [0.717, 1.165) is 31.5 Å². The molecule has 0 amide bonds. The first-order valence-corrected chi connectivity index (χ1v) is 16.4. The maximum Gasteiger partial charge on any atom is 0.254 e. The van der Waals surface area contributed by atoms with Crippen LogP contribution in [0.2, 0.25) is 0 Å². The van der Waals surface area contributed by atoms with Crippen molar-refractivity contribution in [3.05, 3.63) is 82.8 Å². The molecule has 43 heavy (non-hydrogen) atoms. The highest BCUT2D eigenvalue weighted by Gasteiger charge is 2.28. The fourth-order valence-corrected chi connectivity index (χ4v) is 7.04. The minimum absolute atomic E-state index is 0.230. The average molecular weight is 640 g/mol. The quantitative estimate of drug-likeness (QED) is 0.186. The van der Waals surface area contributed by atoms with Gasteiger partial charge in [-0.1, -0.05) is 12.1 Å². The number of nitrogens with zero attached hydrogens (tertiary/aromatic N) is 5. The van der Waals surface area contributed by atoms with Crippen molar-refractivity contribution in [2.24, 2.45) is 0 Å². The normalized spacial score (nSPS) is 15.4. The minimum atomic E-state index is -4.16. The van der Waals surface area contributed by atoms with Crippen LogP contribution in [0, 0.1) is 12.7 Å². The van der Waals surface area contributed by atoms with Crippen molar-refractivity contribution in [2.75, 3.05) is 22.2 Å². The lowest BCUT2D eigenvalue weighted by molar-refractivity contribution is 0.466. The Morgan fingerprint density at radius 2 is 2.00 bits per heavy atom. The van der Waals surface area contributed by atoms with Gasteiger partial charge in [0.25, 0.3) is 10.0 Å². The molecule has 1 fully saturated rings. The van der Waals surface area contributed by atoms with Crippen molar-refractivity contribution < 1.29 is 17.5 Å². The topological polar surface area (TPSA) is 122 Å². The number of aromatic nitrogens is 4. The van der Waals surface area contributed by atoms with Crippen LogP contribution in [-0.4, -0.2) is 47.5 Å². The van der Waals surface area contributed by atoms with Gasteiger partial charge in [0.05, 0.1) is 22.5 Å². The molecule has 0 saturated carbocycles. The van der Waals surface area contributed by atoms with Crippen LogP contribution in [0.5, 0.6) is 11.6 Å². The highest BCUT2D eigenvalue weighted by Crippen LogP contribution is 2.41. The molecule has 0 radical (unpaired) electrons. The van der Waals surface area contributed by atoms with Crippen molar-refractivity contribution in [3.8, 4) is 22.9 Å². The van der Waals surface area contributed by atoms with Crippen molar-refractivity contribution in [3.63, 3.8) is 0 Å². The molecule has 1 aliphatic heterocycles. The number of rotatable bonds is 9. The van der Waals surface area contributed by atoms with E-state index < -0.39 is 21.6 Å².